The van der Waals surface area contributed by atoms with Crippen LogP contribution >= 0.6 is 11.3 Å². The summed E-state index contributed by atoms with van der Waals surface area (Å²) in [7, 11) is 2.00. The van der Waals surface area contributed by atoms with Crippen LogP contribution in [0.15, 0.2) is 36.2 Å². The van der Waals surface area contributed by atoms with Gasteiger partial charge in [-0.05, 0) is 31.5 Å². The summed E-state index contributed by atoms with van der Waals surface area (Å²) in [6, 6.07) is 4.54. The summed E-state index contributed by atoms with van der Waals surface area (Å²) in [5.41, 5.74) is 3.15. The van der Waals surface area contributed by atoms with Crippen molar-refractivity contribution in [2.75, 3.05) is 7.05 Å². The molecular formula is C12H15N3S. The van der Waals surface area contributed by atoms with E-state index in [-0.39, 0.29) is 0 Å². The first-order valence-corrected chi connectivity index (χ1v) is 6.20. The van der Waals surface area contributed by atoms with Gasteiger partial charge >= 0.3 is 0 Å². The third-order valence-electron chi connectivity index (χ3n) is 2.54. The molecule has 4 heteroatoms. The minimum absolute atomic E-state index is 0.449. The highest BCUT2D eigenvalue weighted by atomic mass is 32.1. The Hall–Kier alpha value is -1.26. The highest BCUT2D eigenvalue weighted by Crippen LogP contribution is 2.11. The number of nitrogens with zero attached hydrogens (tertiary/aromatic N) is 2. The molecule has 0 aliphatic heterocycles. The second-order valence-corrected chi connectivity index (χ2v) is 4.69. The molecule has 0 aromatic carbocycles. The van der Waals surface area contributed by atoms with E-state index >= 15 is 0 Å². The highest BCUT2D eigenvalue weighted by Gasteiger charge is 2.09. The summed E-state index contributed by atoms with van der Waals surface area (Å²) >= 11 is 1.71. The highest BCUT2D eigenvalue weighted by molar-refractivity contribution is 7.09. The van der Waals surface area contributed by atoms with Gasteiger partial charge in [0.1, 0.15) is 0 Å². The van der Waals surface area contributed by atoms with Crippen LogP contribution in [0.3, 0.4) is 0 Å². The maximum absolute atomic E-state index is 4.13. The standard InChI is InChI=1S/C12H15N3S/c1-13-11(6-12-8-15-9-16-12)5-10-3-2-4-14-7-10/h2-4,7-9,11,13H,5-6H2,1H3. The Labute approximate surface area is 99.6 Å². The minimum atomic E-state index is 0.449. The van der Waals surface area contributed by atoms with Crippen molar-refractivity contribution in [1.29, 1.82) is 0 Å². The van der Waals surface area contributed by atoms with Gasteiger partial charge in [0, 0.05) is 29.5 Å². The lowest BCUT2D eigenvalue weighted by atomic mass is 10.0. The van der Waals surface area contributed by atoms with Gasteiger partial charge < -0.3 is 5.32 Å². The van der Waals surface area contributed by atoms with Gasteiger partial charge in [0.05, 0.1) is 5.51 Å². The molecule has 2 aromatic heterocycles. The Balaban J connectivity index is 1.96. The molecule has 2 aromatic rings. The van der Waals surface area contributed by atoms with Crippen LogP contribution in [0.4, 0.5) is 0 Å². The smallest absolute Gasteiger partial charge is 0.0794 e. The quantitative estimate of drug-likeness (QED) is 0.857. The molecule has 0 amide bonds. The molecule has 0 radical (unpaired) electrons. The fourth-order valence-electron chi connectivity index (χ4n) is 1.67. The molecule has 0 spiro atoms. The molecule has 0 bridgehead atoms. The van der Waals surface area contributed by atoms with Crippen LogP contribution in [0, 0.1) is 0 Å². The SMILES string of the molecule is CNC(Cc1cccnc1)Cc1cncs1. The molecule has 0 aliphatic rings. The van der Waals surface area contributed by atoms with E-state index < -0.39 is 0 Å². The van der Waals surface area contributed by atoms with Crippen molar-refractivity contribution in [3.8, 4) is 0 Å². The van der Waals surface area contributed by atoms with Crippen LogP contribution in [0.2, 0.25) is 0 Å². The Morgan fingerprint density at radius 2 is 2.25 bits per heavy atom. The van der Waals surface area contributed by atoms with Crippen LogP contribution < -0.4 is 5.32 Å². The first kappa shape index (κ1) is 11.2. The Bertz CT molecular complexity index is 399. The van der Waals surface area contributed by atoms with Crippen molar-refractivity contribution in [3.05, 3.63) is 46.7 Å². The number of pyridine rings is 1. The number of thiazole rings is 1. The molecule has 0 fully saturated rings. The lowest BCUT2D eigenvalue weighted by Crippen LogP contribution is -2.29. The van der Waals surface area contributed by atoms with Gasteiger partial charge in [-0.15, -0.1) is 11.3 Å². The number of hydrogen-bond donors (Lipinski definition) is 1. The van der Waals surface area contributed by atoms with Crippen molar-refractivity contribution in [3.63, 3.8) is 0 Å². The van der Waals surface area contributed by atoms with E-state index in [4.69, 9.17) is 0 Å². The molecule has 0 saturated heterocycles. The second-order valence-electron chi connectivity index (χ2n) is 3.72. The van der Waals surface area contributed by atoms with Crippen LogP contribution in [-0.4, -0.2) is 23.1 Å². The fourth-order valence-corrected chi connectivity index (χ4v) is 2.34. The first-order chi connectivity index (χ1) is 7.88. The normalized spacial score (nSPS) is 12.6. The second kappa shape index (κ2) is 5.72. The third-order valence-corrected chi connectivity index (χ3v) is 3.35. The Morgan fingerprint density at radius 1 is 1.31 bits per heavy atom. The summed E-state index contributed by atoms with van der Waals surface area (Å²) < 4.78 is 0. The zero-order valence-electron chi connectivity index (χ0n) is 9.26. The van der Waals surface area contributed by atoms with Crippen molar-refractivity contribution < 1.29 is 0 Å². The zero-order valence-corrected chi connectivity index (χ0v) is 10.1. The monoisotopic (exact) mass is 233 g/mol. The van der Waals surface area contributed by atoms with E-state index in [0.29, 0.717) is 6.04 Å². The van der Waals surface area contributed by atoms with Crippen molar-refractivity contribution >= 4 is 11.3 Å². The first-order valence-electron chi connectivity index (χ1n) is 5.32. The molecule has 1 unspecified atom stereocenters. The molecular weight excluding hydrogens is 218 g/mol. The lowest BCUT2D eigenvalue weighted by Gasteiger charge is -2.14. The maximum atomic E-state index is 4.13. The van der Waals surface area contributed by atoms with Crippen molar-refractivity contribution in [1.82, 2.24) is 15.3 Å². The van der Waals surface area contributed by atoms with Crippen LogP contribution in [0.25, 0.3) is 0 Å². The Kier molecular flexibility index (Phi) is 4.02. The molecule has 1 atom stereocenters. The molecule has 0 saturated carbocycles. The summed E-state index contributed by atoms with van der Waals surface area (Å²) in [6.07, 6.45) is 7.70. The van der Waals surface area contributed by atoms with E-state index in [1.54, 1.807) is 17.5 Å². The summed E-state index contributed by atoms with van der Waals surface area (Å²) in [5, 5.41) is 3.34. The summed E-state index contributed by atoms with van der Waals surface area (Å²) in [6.45, 7) is 0. The topological polar surface area (TPSA) is 37.8 Å². The molecule has 3 nitrogen and oxygen atoms in total. The van der Waals surface area contributed by atoms with E-state index in [1.165, 1.54) is 10.4 Å². The van der Waals surface area contributed by atoms with E-state index in [9.17, 15) is 0 Å². The van der Waals surface area contributed by atoms with Gasteiger partial charge in [-0.3, -0.25) is 9.97 Å². The van der Waals surface area contributed by atoms with Crippen LogP contribution in [0.5, 0.6) is 0 Å². The molecule has 2 rings (SSSR count). The van der Waals surface area contributed by atoms with E-state index in [1.807, 2.05) is 31.0 Å². The van der Waals surface area contributed by atoms with E-state index in [0.717, 1.165) is 12.8 Å². The van der Waals surface area contributed by atoms with Crippen LogP contribution in [-0.2, 0) is 12.8 Å². The number of likely N-dealkylation sites (N-methyl/N-ethyl adjacent to an activating group) is 1. The van der Waals surface area contributed by atoms with Gasteiger partial charge in [0.25, 0.3) is 0 Å². The average molecular weight is 233 g/mol. The molecule has 0 aliphatic carbocycles. The third kappa shape index (κ3) is 3.12. The van der Waals surface area contributed by atoms with Gasteiger partial charge in [0.2, 0.25) is 0 Å². The van der Waals surface area contributed by atoms with Gasteiger partial charge in [-0.25, -0.2) is 0 Å². The predicted molar refractivity (Wildman–Crippen MR) is 66.6 cm³/mol. The van der Waals surface area contributed by atoms with Crippen molar-refractivity contribution in [2.45, 2.75) is 18.9 Å². The van der Waals surface area contributed by atoms with E-state index in [2.05, 4.69) is 21.4 Å². The van der Waals surface area contributed by atoms with Gasteiger partial charge in [-0.1, -0.05) is 6.07 Å². The minimum Gasteiger partial charge on any atom is -0.316 e. The maximum Gasteiger partial charge on any atom is 0.0794 e. The zero-order chi connectivity index (χ0) is 11.2. The molecule has 1 N–H and O–H groups in total. The summed E-state index contributed by atoms with van der Waals surface area (Å²) in [4.78, 5) is 9.55. The van der Waals surface area contributed by atoms with Crippen LogP contribution in [0.1, 0.15) is 10.4 Å². The molecule has 84 valence electrons. The van der Waals surface area contributed by atoms with Gasteiger partial charge in [-0.2, -0.15) is 0 Å². The fraction of sp³-hybridized carbons (Fsp3) is 0.333. The summed E-state index contributed by atoms with van der Waals surface area (Å²) in [5.74, 6) is 0. The Morgan fingerprint density at radius 3 is 2.88 bits per heavy atom. The number of hydrogen-bond acceptors (Lipinski definition) is 4. The van der Waals surface area contributed by atoms with Gasteiger partial charge in [0.15, 0.2) is 0 Å². The number of nitrogens with one attached hydrogen (secondary N) is 1. The lowest BCUT2D eigenvalue weighted by molar-refractivity contribution is 0.559. The number of aromatic nitrogens is 2. The predicted octanol–water partition coefficient (Wildman–Crippen LogP) is 1.91. The molecule has 2 heterocycles. The average Bonchev–Trinajstić information content (AvgIpc) is 2.82. The largest absolute Gasteiger partial charge is 0.316 e. The van der Waals surface area contributed by atoms with Crippen molar-refractivity contribution in [2.24, 2.45) is 0 Å². The molecule has 16 heavy (non-hydrogen) atoms. The number of rotatable bonds is 5.